The lowest BCUT2D eigenvalue weighted by Crippen LogP contribution is -2.11. The summed E-state index contributed by atoms with van der Waals surface area (Å²) in [5.41, 5.74) is 3.59. The molecule has 1 amide bonds. The standard InChI is InChI=1S/C21H19N3O2S/c1-3-26-17-11-9-16(10-12-17)22-20(25)19-14(2)24-13-18(23-21(24)27-19)15-7-5-4-6-8-15/h4-13H,3H2,1-2H3,(H,22,25). The summed E-state index contributed by atoms with van der Waals surface area (Å²) in [5.74, 6) is 0.656. The molecular weight excluding hydrogens is 358 g/mol. The molecule has 2 aromatic carbocycles. The molecule has 5 nitrogen and oxygen atoms in total. The van der Waals surface area contributed by atoms with Gasteiger partial charge in [-0.05, 0) is 38.1 Å². The highest BCUT2D eigenvalue weighted by molar-refractivity contribution is 7.19. The van der Waals surface area contributed by atoms with Crippen LogP contribution in [0.1, 0.15) is 22.3 Å². The molecule has 0 saturated carbocycles. The van der Waals surface area contributed by atoms with Crippen LogP contribution in [0.4, 0.5) is 5.69 Å². The van der Waals surface area contributed by atoms with E-state index >= 15 is 0 Å². The van der Waals surface area contributed by atoms with Crippen molar-refractivity contribution >= 4 is 27.9 Å². The Bertz CT molecular complexity index is 1080. The Morgan fingerprint density at radius 3 is 2.56 bits per heavy atom. The Balaban J connectivity index is 1.57. The van der Waals surface area contributed by atoms with Gasteiger partial charge in [-0.25, -0.2) is 4.98 Å². The molecular formula is C21H19N3O2S. The minimum absolute atomic E-state index is 0.131. The van der Waals surface area contributed by atoms with Crippen LogP contribution in [0.15, 0.2) is 60.8 Å². The Morgan fingerprint density at radius 2 is 1.89 bits per heavy atom. The minimum atomic E-state index is -0.131. The van der Waals surface area contributed by atoms with Crippen molar-refractivity contribution in [2.24, 2.45) is 0 Å². The summed E-state index contributed by atoms with van der Waals surface area (Å²) < 4.78 is 7.40. The topological polar surface area (TPSA) is 55.6 Å². The third-order valence-corrected chi connectivity index (χ3v) is 5.41. The summed E-state index contributed by atoms with van der Waals surface area (Å²) in [6, 6.07) is 17.4. The zero-order valence-corrected chi connectivity index (χ0v) is 15.9. The van der Waals surface area contributed by atoms with Crippen molar-refractivity contribution in [3.63, 3.8) is 0 Å². The van der Waals surface area contributed by atoms with E-state index in [4.69, 9.17) is 4.74 Å². The van der Waals surface area contributed by atoms with Crippen LogP contribution in [0.5, 0.6) is 5.75 Å². The number of imidazole rings is 1. The Hall–Kier alpha value is -3.12. The lowest BCUT2D eigenvalue weighted by Gasteiger charge is -2.06. The fourth-order valence-electron chi connectivity index (χ4n) is 2.90. The maximum Gasteiger partial charge on any atom is 0.267 e. The van der Waals surface area contributed by atoms with Crippen molar-refractivity contribution < 1.29 is 9.53 Å². The van der Waals surface area contributed by atoms with Gasteiger partial charge in [-0.15, -0.1) is 0 Å². The second kappa shape index (κ2) is 7.25. The molecule has 0 aliphatic heterocycles. The molecule has 1 N–H and O–H groups in total. The molecule has 0 radical (unpaired) electrons. The zero-order chi connectivity index (χ0) is 18.8. The van der Waals surface area contributed by atoms with Crippen LogP contribution in [0, 0.1) is 6.92 Å². The molecule has 2 aromatic heterocycles. The molecule has 136 valence electrons. The van der Waals surface area contributed by atoms with Crippen LogP contribution >= 0.6 is 11.3 Å². The van der Waals surface area contributed by atoms with Gasteiger partial charge >= 0.3 is 0 Å². The number of anilines is 1. The van der Waals surface area contributed by atoms with E-state index in [0.29, 0.717) is 11.5 Å². The number of carbonyl (C=O) groups is 1. The average Bonchev–Trinajstić information content (AvgIpc) is 3.24. The van der Waals surface area contributed by atoms with Gasteiger partial charge in [-0.1, -0.05) is 41.7 Å². The lowest BCUT2D eigenvalue weighted by atomic mass is 10.2. The van der Waals surface area contributed by atoms with E-state index in [9.17, 15) is 4.79 Å². The van der Waals surface area contributed by atoms with Crippen LogP contribution in [-0.4, -0.2) is 21.9 Å². The number of amides is 1. The first-order valence-corrected chi connectivity index (χ1v) is 9.55. The van der Waals surface area contributed by atoms with Gasteiger partial charge < -0.3 is 10.1 Å². The lowest BCUT2D eigenvalue weighted by molar-refractivity contribution is 0.102. The van der Waals surface area contributed by atoms with E-state index in [1.54, 1.807) is 0 Å². The van der Waals surface area contributed by atoms with Crippen molar-refractivity contribution in [1.82, 2.24) is 9.38 Å². The van der Waals surface area contributed by atoms with E-state index in [1.807, 2.05) is 79.0 Å². The van der Waals surface area contributed by atoms with Gasteiger partial charge in [0.25, 0.3) is 5.91 Å². The van der Waals surface area contributed by atoms with E-state index in [-0.39, 0.29) is 5.91 Å². The molecule has 6 heteroatoms. The molecule has 27 heavy (non-hydrogen) atoms. The van der Waals surface area contributed by atoms with Crippen molar-refractivity contribution in [2.75, 3.05) is 11.9 Å². The molecule has 0 aliphatic carbocycles. The van der Waals surface area contributed by atoms with Crippen LogP contribution in [0.25, 0.3) is 16.2 Å². The number of aromatic nitrogens is 2. The number of nitrogens with one attached hydrogen (secondary N) is 1. The van der Waals surface area contributed by atoms with Crippen molar-refractivity contribution in [3.8, 4) is 17.0 Å². The number of thiazole rings is 1. The number of fused-ring (bicyclic) bond motifs is 1. The minimum Gasteiger partial charge on any atom is -0.494 e. The number of hydrogen-bond donors (Lipinski definition) is 1. The number of carbonyl (C=O) groups excluding carboxylic acids is 1. The van der Waals surface area contributed by atoms with Crippen LogP contribution in [0.3, 0.4) is 0 Å². The Labute approximate surface area is 161 Å². The van der Waals surface area contributed by atoms with E-state index in [2.05, 4.69) is 10.3 Å². The average molecular weight is 377 g/mol. The second-order valence-corrected chi connectivity index (χ2v) is 7.05. The third-order valence-electron chi connectivity index (χ3n) is 4.26. The van der Waals surface area contributed by atoms with Crippen molar-refractivity contribution in [1.29, 1.82) is 0 Å². The number of benzene rings is 2. The molecule has 0 atom stereocenters. The van der Waals surface area contributed by atoms with Gasteiger partial charge in [0.2, 0.25) is 0 Å². The molecule has 0 spiro atoms. The summed E-state index contributed by atoms with van der Waals surface area (Å²) in [6.07, 6.45) is 1.98. The van der Waals surface area contributed by atoms with Gasteiger partial charge in [-0.3, -0.25) is 9.20 Å². The van der Waals surface area contributed by atoms with Crippen LogP contribution in [-0.2, 0) is 0 Å². The molecule has 0 fully saturated rings. The monoisotopic (exact) mass is 377 g/mol. The van der Waals surface area contributed by atoms with Crippen LogP contribution in [0.2, 0.25) is 0 Å². The number of rotatable bonds is 5. The predicted octanol–water partition coefficient (Wildman–Crippen LogP) is 5.02. The first-order chi connectivity index (χ1) is 13.2. The normalized spacial score (nSPS) is 10.9. The maximum absolute atomic E-state index is 12.7. The molecule has 0 unspecified atom stereocenters. The largest absolute Gasteiger partial charge is 0.494 e. The molecule has 4 aromatic rings. The predicted molar refractivity (Wildman–Crippen MR) is 109 cm³/mol. The number of ether oxygens (including phenoxy) is 1. The fraction of sp³-hybridized carbons (Fsp3) is 0.143. The summed E-state index contributed by atoms with van der Waals surface area (Å²) >= 11 is 1.39. The fourth-order valence-corrected chi connectivity index (χ4v) is 3.90. The van der Waals surface area contributed by atoms with Gasteiger partial charge in [0.1, 0.15) is 10.6 Å². The van der Waals surface area contributed by atoms with Gasteiger partial charge in [-0.2, -0.15) is 0 Å². The van der Waals surface area contributed by atoms with E-state index < -0.39 is 0 Å². The second-order valence-electron chi connectivity index (χ2n) is 6.07. The van der Waals surface area contributed by atoms with Crippen LogP contribution < -0.4 is 10.1 Å². The number of hydrogen-bond acceptors (Lipinski definition) is 4. The number of aryl methyl sites for hydroxylation is 1. The third kappa shape index (κ3) is 3.44. The summed E-state index contributed by atoms with van der Waals surface area (Å²) in [4.78, 5) is 18.8. The maximum atomic E-state index is 12.7. The summed E-state index contributed by atoms with van der Waals surface area (Å²) in [6.45, 7) is 4.49. The smallest absolute Gasteiger partial charge is 0.267 e. The Morgan fingerprint density at radius 1 is 1.15 bits per heavy atom. The molecule has 2 heterocycles. The highest BCUT2D eigenvalue weighted by Crippen LogP contribution is 2.28. The van der Waals surface area contributed by atoms with E-state index in [0.717, 1.165) is 33.3 Å². The first kappa shape index (κ1) is 17.3. The van der Waals surface area contributed by atoms with Crippen molar-refractivity contribution in [3.05, 3.63) is 71.4 Å². The quantitative estimate of drug-likeness (QED) is 0.531. The Kier molecular flexibility index (Phi) is 4.64. The number of nitrogens with zero attached hydrogens (tertiary/aromatic N) is 2. The molecule has 4 rings (SSSR count). The van der Waals surface area contributed by atoms with Gasteiger partial charge in [0, 0.05) is 23.1 Å². The van der Waals surface area contributed by atoms with Gasteiger partial charge in [0.15, 0.2) is 4.96 Å². The van der Waals surface area contributed by atoms with E-state index in [1.165, 1.54) is 11.3 Å². The SMILES string of the molecule is CCOc1ccc(NC(=O)c2sc3nc(-c4ccccc4)cn3c2C)cc1. The molecule has 0 aliphatic rings. The first-order valence-electron chi connectivity index (χ1n) is 8.74. The van der Waals surface area contributed by atoms with Gasteiger partial charge in [0.05, 0.1) is 12.3 Å². The molecule has 0 bridgehead atoms. The summed E-state index contributed by atoms with van der Waals surface area (Å²) in [5, 5.41) is 2.94. The highest BCUT2D eigenvalue weighted by atomic mass is 32.1. The molecule has 0 saturated heterocycles. The summed E-state index contributed by atoms with van der Waals surface area (Å²) in [7, 11) is 0. The zero-order valence-electron chi connectivity index (χ0n) is 15.1. The highest BCUT2D eigenvalue weighted by Gasteiger charge is 2.18. The van der Waals surface area contributed by atoms with Crippen molar-refractivity contribution in [2.45, 2.75) is 13.8 Å².